The number of hydrogen-bond acceptors (Lipinski definition) is 4. The number of aryl methyl sites for hydroxylation is 1. The summed E-state index contributed by atoms with van der Waals surface area (Å²) in [5.41, 5.74) is 1.28. The van der Waals surface area contributed by atoms with Crippen LogP contribution in [-0.4, -0.2) is 27.0 Å². The van der Waals surface area contributed by atoms with Gasteiger partial charge in [-0.25, -0.2) is 14.4 Å². The average molecular weight is 459 g/mol. The molecule has 28 heavy (non-hydrogen) atoms. The van der Waals surface area contributed by atoms with E-state index in [0.717, 1.165) is 27.7 Å². The molecule has 0 fully saturated rings. The number of carbonyl (C=O) groups excluding carboxylic acids is 1. The van der Waals surface area contributed by atoms with E-state index in [1.807, 2.05) is 29.0 Å². The minimum atomic E-state index is -0.368. The van der Waals surface area contributed by atoms with Crippen LogP contribution in [0.15, 0.2) is 65.7 Å². The van der Waals surface area contributed by atoms with Crippen LogP contribution in [0.1, 0.15) is 16.8 Å². The highest BCUT2D eigenvalue weighted by molar-refractivity contribution is 9.10. The van der Waals surface area contributed by atoms with Crippen LogP contribution in [-0.2, 0) is 6.54 Å². The maximum Gasteiger partial charge on any atom is 0.260 e. The topological polar surface area (TPSA) is 51.0 Å². The van der Waals surface area contributed by atoms with E-state index in [1.54, 1.807) is 17.4 Å². The second-order valence-electron chi connectivity index (χ2n) is 6.23. The molecule has 0 N–H and O–H groups in total. The Labute approximate surface area is 173 Å². The van der Waals surface area contributed by atoms with Gasteiger partial charge in [0.2, 0.25) is 0 Å². The van der Waals surface area contributed by atoms with Gasteiger partial charge in [-0.3, -0.25) is 9.69 Å². The number of nitrogens with zero attached hydrogens (tertiary/aromatic N) is 4. The van der Waals surface area contributed by atoms with Gasteiger partial charge in [-0.05, 0) is 48.9 Å². The lowest BCUT2D eigenvalue weighted by molar-refractivity contribution is 0.0986. The third-order valence-corrected chi connectivity index (χ3v) is 5.80. The molecular formula is C20H16BrFN4OS. The van der Waals surface area contributed by atoms with Crippen molar-refractivity contribution < 1.29 is 9.18 Å². The molecule has 0 bridgehead atoms. The van der Waals surface area contributed by atoms with E-state index >= 15 is 0 Å². The normalized spacial score (nSPS) is 11.1. The maximum atomic E-state index is 13.3. The number of carbonyl (C=O) groups is 1. The first-order chi connectivity index (χ1) is 13.6. The van der Waals surface area contributed by atoms with Crippen LogP contribution in [0, 0.1) is 5.82 Å². The summed E-state index contributed by atoms with van der Waals surface area (Å²) in [6.45, 7) is 1.24. The molecule has 0 aliphatic rings. The standard InChI is InChI=1S/C20H16BrFN4OS/c21-15-4-7-17-18(12-15)28-20(24-17)26(10-1-9-25-11-8-23-13-25)19(27)14-2-5-16(22)6-3-14/h2-8,11-13H,1,9-10H2. The van der Waals surface area contributed by atoms with Crippen LogP contribution in [0.3, 0.4) is 0 Å². The number of rotatable bonds is 6. The molecule has 0 saturated carbocycles. The Morgan fingerprint density at radius 1 is 1.21 bits per heavy atom. The minimum Gasteiger partial charge on any atom is -0.337 e. The predicted octanol–water partition coefficient (Wildman–Crippen LogP) is 5.13. The smallest absolute Gasteiger partial charge is 0.260 e. The first-order valence-corrected chi connectivity index (χ1v) is 10.3. The van der Waals surface area contributed by atoms with Gasteiger partial charge in [-0.1, -0.05) is 27.3 Å². The fourth-order valence-electron chi connectivity index (χ4n) is 2.86. The number of imidazole rings is 1. The van der Waals surface area contributed by atoms with Gasteiger partial charge < -0.3 is 4.57 Å². The van der Waals surface area contributed by atoms with E-state index in [4.69, 9.17) is 0 Å². The molecule has 0 saturated heterocycles. The number of amides is 1. The Hall–Kier alpha value is -2.58. The third kappa shape index (κ3) is 4.13. The quantitative estimate of drug-likeness (QED) is 0.402. The Morgan fingerprint density at radius 2 is 2.04 bits per heavy atom. The van der Waals surface area contributed by atoms with Crippen molar-refractivity contribution in [2.75, 3.05) is 11.4 Å². The lowest BCUT2D eigenvalue weighted by atomic mass is 10.2. The third-order valence-electron chi connectivity index (χ3n) is 4.26. The molecule has 4 aromatic rings. The summed E-state index contributed by atoms with van der Waals surface area (Å²) in [6, 6.07) is 11.4. The molecule has 8 heteroatoms. The van der Waals surface area contributed by atoms with Gasteiger partial charge >= 0.3 is 0 Å². The number of halogens is 2. The van der Waals surface area contributed by atoms with Gasteiger partial charge in [0, 0.05) is 35.5 Å². The Bertz CT molecular complexity index is 1100. The van der Waals surface area contributed by atoms with Gasteiger partial charge in [-0.15, -0.1) is 0 Å². The van der Waals surface area contributed by atoms with Crippen molar-refractivity contribution in [1.29, 1.82) is 0 Å². The highest BCUT2D eigenvalue weighted by Gasteiger charge is 2.21. The monoisotopic (exact) mass is 458 g/mol. The number of thiazole rings is 1. The van der Waals surface area contributed by atoms with E-state index in [0.29, 0.717) is 17.2 Å². The number of benzene rings is 2. The zero-order valence-electron chi connectivity index (χ0n) is 14.8. The molecular weight excluding hydrogens is 443 g/mol. The van der Waals surface area contributed by atoms with E-state index in [2.05, 4.69) is 25.9 Å². The molecule has 0 radical (unpaired) electrons. The molecule has 0 aliphatic heterocycles. The number of anilines is 1. The molecule has 142 valence electrons. The van der Waals surface area contributed by atoms with Crippen molar-refractivity contribution in [2.45, 2.75) is 13.0 Å². The van der Waals surface area contributed by atoms with E-state index in [9.17, 15) is 9.18 Å². The molecule has 5 nitrogen and oxygen atoms in total. The Balaban J connectivity index is 1.62. The molecule has 0 aliphatic carbocycles. The lowest BCUT2D eigenvalue weighted by Crippen LogP contribution is -2.32. The summed E-state index contributed by atoms with van der Waals surface area (Å²) in [7, 11) is 0. The summed E-state index contributed by atoms with van der Waals surface area (Å²) in [5.74, 6) is -0.559. The van der Waals surface area contributed by atoms with Crippen LogP contribution < -0.4 is 4.90 Å². The summed E-state index contributed by atoms with van der Waals surface area (Å²) in [5, 5.41) is 0.632. The second kappa shape index (κ2) is 8.20. The van der Waals surface area contributed by atoms with Gasteiger partial charge in [0.15, 0.2) is 5.13 Å². The predicted molar refractivity (Wildman–Crippen MR) is 112 cm³/mol. The van der Waals surface area contributed by atoms with Gasteiger partial charge in [0.25, 0.3) is 5.91 Å². The van der Waals surface area contributed by atoms with Crippen LogP contribution in [0.4, 0.5) is 9.52 Å². The Kier molecular flexibility index (Phi) is 5.50. The largest absolute Gasteiger partial charge is 0.337 e. The zero-order valence-corrected chi connectivity index (χ0v) is 17.2. The van der Waals surface area contributed by atoms with Crippen LogP contribution in [0.2, 0.25) is 0 Å². The molecule has 4 rings (SSSR count). The first-order valence-electron chi connectivity index (χ1n) is 8.69. The molecule has 0 atom stereocenters. The van der Waals surface area contributed by atoms with Crippen molar-refractivity contribution in [3.05, 3.63) is 77.0 Å². The first kappa shape index (κ1) is 18.8. The van der Waals surface area contributed by atoms with E-state index in [1.165, 1.54) is 35.6 Å². The summed E-state index contributed by atoms with van der Waals surface area (Å²) in [4.78, 5) is 23.5. The number of hydrogen-bond donors (Lipinski definition) is 0. The zero-order chi connectivity index (χ0) is 19.5. The number of fused-ring (bicyclic) bond motifs is 1. The number of aromatic nitrogens is 3. The van der Waals surface area contributed by atoms with Crippen LogP contribution >= 0.6 is 27.3 Å². The van der Waals surface area contributed by atoms with Crippen molar-refractivity contribution in [2.24, 2.45) is 0 Å². The maximum absolute atomic E-state index is 13.3. The molecule has 2 heterocycles. The van der Waals surface area contributed by atoms with Crippen LogP contribution in [0.25, 0.3) is 10.2 Å². The van der Waals surface area contributed by atoms with Crippen LogP contribution in [0.5, 0.6) is 0 Å². The van der Waals surface area contributed by atoms with Crippen molar-refractivity contribution in [3.63, 3.8) is 0 Å². The van der Waals surface area contributed by atoms with Gasteiger partial charge in [0.1, 0.15) is 5.82 Å². The SMILES string of the molecule is O=C(c1ccc(F)cc1)N(CCCn1ccnc1)c1nc2ccc(Br)cc2s1. The molecule has 0 unspecified atom stereocenters. The van der Waals surface area contributed by atoms with Crippen molar-refractivity contribution in [3.8, 4) is 0 Å². The fourth-order valence-corrected chi connectivity index (χ4v) is 4.41. The minimum absolute atomic E-state index is 0.191. The van der Waals surface area contributed by atoms with E-state index in [-0.39, 0.29) is 11.7 Å². The molecule has 2 aromatic heterocycles. The average Bonchev–Trinajstić information content (AvgIpc) is 3.34. The molecule has 0 spiro atoms. The second-order valence-corrected chi connectivity index (χ2v) is 8.15. The Morgan fingerprint density at radius 3 is 2.79 bits per heavy atom. The van der Waals surface area contributed by atoms with Gasteiger partial charge in [0.05, 0.1) is 16.5 Å². The fraction of sp³-hybridized carbons (Fsp3) is 0.150. The molecule has 1 amide bonds. The lowest BCUT2D eigenvalue weighted by Gasteiger charge is -2.20. The highest BCUT2D eigenvalue weighted by Crippen LogP contribution is 2.31. The summed E-state index contributed by atoms with van der Waals surface area (Å²) in [6.07, 6.45) is 6.11. The molecule has 2 aromatic carbocycles. The summed E-state index contributed by atoms with van der Waals surface area (Å²) < 4.78 is 17.2. The van der Waals surface area contributed by atoms with E-state index < -0.39 is 0 Å². The summed E-state index contributed by atoms with van der Waals surface area (Å²) >= 11 is 4.93. The van der Waals surface area contributed by atoms with Crippen molar-refractivity contribution >= 4 is 48.5 Å². The van der Waals surface area contributed by atoms with Gasteiger partial charge in [-0.2, -0.15) is 0 Å². The highest BCUT2D eigenvalue weighted by atomic mass is 79.9. The van der Waals surface area contributed by atoms with Crippen molar-refractivity contribution in [1.82, 2.24) is 14.5 Å².